The third kappa shape index (κ3) is 2.32. The Kier molecular flexibility index (Phi) is 3.42. The standard InChI is InChI=1S/C15H18N2OS/c1-16-8-4-6-13(16)14-5-2-3-9-17(14)15(18)12-7-10-19-11-12/h4,6-8,10-11,14H,2-3,5,9H2,1H3. The fraction of sp³-hybridized carbons (Fsp3) is 0.400. The maximum Gasteiger partial charge on any atom is 0.255 e. The summed E-state index contributed by atoms with van der Waals surface area (Å²) in [5, 5.41) is 3.91. The Labute approximate surface area is 117 Å². The van der Waals surface area contributed by atoms with E-state index in [9.17, 15) is 4.79 Å². The molecule has 0 spiro atoms. The Morgan fingerprint density at radius 1 is 1.37 bits per heavy atom. The number of piperidine rings is 1. The Morgan fingerprint density at radius 3 is 2.95 bits per heavy atom. The van der Waals surface area contributed by atoms with Crippen molar-refractivity contribution in [3.63, 3.8) is 0 Å². The molecule has 2 aromatic heterocycles. The molecule has 4 heteroatoms. The molecule has 3 rings (SSSR count). The van der Waals surface area contributed by atoms with Gasteiger partial charge >= 0.3 is 0 Å². The fourth-order valence-corrected chi connectivity index (χ4v) is 3.48. The molecule has 0 bridgehead atoms. The van der Waals surface area contributed by atoms with E-state index < -0.39 is 0 Å². The molecular weight excluding hydrogens is 256 g/mol. The molecule has 0 N–H and O–H groups in total. The van der Waals surface area contributed by atoms with Gasteiger partial charge in [0.25, 0.3) is 5.91 Å². The first kappa shape index (κ1) is 12.5. The highest BCUT2D eigenvalue weighted by atomic mass is 32.1. The van der Waals surface area contributed by atoms with Gasteiger partial charge in [0.15, 0.2) is 0 Å². The van der Waals surface area contributed by atoms with Gasteiger partial charge < -0.3 is 9.47 Å². The van der Waals surface area contributed by atoms with Crippen LogP contribution in [0.4, 0.5) is 0 Å². The van der Waals surface area contributed by atoms with E-state index in [4.69, 9.17) is 0 Å². The number of amides is 1. The number of aromatic nitrogens is 1. The average molecular weight is 274 g/mol. The second kappa shape index (κ2) is 5.21. The lowest BCUT2D eigenvalue weighted by Gasteiger charge is -2.36. The van der Waals surface area contributed by atoms with Crippen LogP contribution < -0.4 is 0 Å². The van der Waals surface area contributed by atoms with E-state index in [1.165, 1.54) is 12.1 Å². The summed E-state index contributed by atoms with van der Waals surface area (Å²) in [5.74, 6) is 0.173. The number of aryl methyl sites for hydroxylation is 1. The molecule has 3 heterocycles. The van der Waals surface area contributed by atoms with Gasteiger partial charge in [-0.3, -0.25) is 4.79 Å². The summed E-state index contributed by atoms with van der Waals surface area (Å²) in [7, 11) is 2.05. The largest absolute Gasteiger partial charge is 0.353 e. The smallest absolute Gasteiger partial charge is 0.255 e. The van der Waals surface area contributed by atoms with Crippen LogP contribution in [-0.4, -0.2) is 21.9 Å². The van der Waals surface area contributed by atoms with E-state index in [1.54, 1.807) is 11.3 Å². The van der Waals surface area contributed by atoms with Crippen LogP contribution in [0.5, 0.6) is 0 Å². The first-order chi connectivity index (χ1) is 9.27. The van der Waals surface area contributed by atoms with Crippen LogP contribution >= 0.6 is 11.3 Å². The van der Waals surface area contributed by atoms with E-state index in [2.05, 4.69) is 29.9 Å². The minimum Gasteiger partial charge on any atom is -0.353 e. The zero-order valence-electron chi connectivity index (χ0n) is 11.1. The summed E-state index contributed by atoms with van der Waals surface area (Å²) >= 11 is 1.58. The van der Waals surface area contributed by atoms with Gasteiger partial charge in [0.1, 0.15) is 0 Å². The van der Waals surface area contributed by atoms with Crippen molar-refractivity contribution >= 4 is 17.2 Å². The second-order valence-electron chi connectivity index (χ2n) is 5.07. The van der Waals surface area contributed by atoms with Gasteiger partial charge in [-0.15, -0.1) is 0 Å². The number of hydrogen-bond acceptors (Lipinski definition) is 2. The Morgan fingerprint density at radius 2 is 2.26 bits per heavy atom. The molecule has 1 atom stereocenters. The van der Waals surface area contributed by atoms with Gasteiger partial charge in [-0.25, -0.2) is 0 Å². The van der Waals surface area contributed by atoms with Crippen LogP contribution in [0.2, 0.25) is 0 Å². The third-order valence-corrected chi connectivity index (χ3v) is 4.54. The molecule has 1 unspecified atom stereocenters. The van der Waals surface area contributed by atoms with E-state index in [-0.39, 0.29) is 11.9 Å². The van der Waals surface area contributed by atoms with Crippen molar-refractivity contribution in [1.82, 2.24) is 9.47 Å². The molecule has 1 aliphatic rings. The van der Waals surface area contributed by atoms with Crippen molar-refractivity contribution in [2.45, 2.75) is 25.3 Å². The van der Waals surface area contributed by atoms with E-state index >= 15 is 0 Å². The lowest BCUT2D eigenvalue weighted by Crippen LogP contribution is -2.39. The first-order valence-corrected chi connectivity index (χ1v) is 7.66. The SMILES string of the molecule is Cn1cccc1C1CCCCN1C(=O)c1ccsc1. The Hall–Kier alpha value is -1.55. The monoisotopic (exact) mass is 274 g/mol. The van der Waals surface area contributed by atoms with Crippen LogP contribution in [0.25, 0.3) is 0 Å². The van der Waals surface area contributed by atoms with Gasteiger partial charge in [-0.2, -0.15) is 11.3 Å². The molecule has 0 aliphatic carbocycles. The highest BCUT2D eigenvalue weighted by molar-refractivity contribution is 7.08. The minimum atomic E-state index is 0.173. The van der Waals surface area contributed by atoms with Gasteiger partial charge in [-0.05, 0) is 42.8 Å². The van der Waals surface area contributed by atoms with Crippen molar-refractivity contribution in [2.75, 3.05) is 6.54 Å². The number of carbonyl (C=O) groups excluding carboxylic acids is 1. The van der Waals surface area contributed by atoms with Gasteiger partial charge in [0.05, 0.1) is 11.6 Å². The molecule has 0 aromatic carbocycles. The quantitative estimate of drug-likeness (QED) is 0.823. The summed E-state index contributed by atoms with van der Waals surface area (Å²) in [6.07, 6.45) is 5.42. The molecule has 3 nitrogen and oxygen atoms in total. The molecule has 1 saturated heterocycles. The molecule has 0 radical (unpaired) electrons. The Bertz CT molecular complexity index is 558. The highest BCUT2D eigenvalue weighted by Gasteiger charge is 2.29. The maximum atomic E-state index is 12.6. The zero-order chi connectivity index (χ0) is 13.2. The number of carbonyl (C=O) groups is 1. The molecule has 19 heavy (non-hydrogen) atoms. The van der Waals surface area contributed by atoms with Crippen molar-refractivity contribution in [3.8, 4) is 0 Å². The van der Waals surface area contributed by atoms with E-state index in [1.807, 2.05) is 21.7 Å². The van der Waals surface area contributed by atoms with Crippen LogP contribution in [0.15, 0.2) is 35.2 Å². The van der Waals surface area contributed by atoms with Gasteiger partial charge in [0.2, 0.25) is 0 Å². The maximum absolute atomic E-state index is 12.6. The number of nitrogens with zero attached hydrogens (tertiary/aromatic N) is 2. The molecular formula is C15H18N2OS. The van der Waals surface area contributed by atoms with Crippen LogP contribution in [0.1, 0.15) is 41.4 Å². The van der Waals surface area contributed by atoms with Crippen LogP contribution in [0.3, 0.4) is 0 Å². The van der Waals surface area contributed by atoms with Crippen LogP contribution in [-0.2, 0) is 7.05 Å². The molecule has 100 valence electrons. The lowest BCUT2D eigenvalue weighted by atomic mass is 9.98. The van der Waals surface area contributed by atoms with E-state index in [0.29, 0.717) is 0 Å². The van der Waals surface area contributed by atoms with Crippen molar-refractivity contribution in [3.05, 3.63) is 46.4 Å². The lowest BCUT2D eigenvalue weighted by molar-refractivity contribution is 0.0603. The first-order valence-electron chi connectivity index (χ1n) is 6.72. The number of rotatable bonds is 2. The van der Waals surface area contributed by atoms with Crippen molar-refractivity contribution in [1.29, 1.82) is 0 Å². The van der Waals surface area contributed by atoms with Crippen molar-refractivity contribution < 1.29 is 4.79 Å². The summed E-state index contributed by atoms with van der Waals surface area (Å²) in [6, 6.07) is 6.33. The second-order valence-corrected chi connectivity index (χ2v) is 5.85. The molecule has 0 saturated carbocycles. The summed E-state index contributed by atoms with van der Waals surface area (Å²) in [5.41, 5.74) is 2.06. The molecule has 1 amide bonds. The zero-order valence-corrected chi connectivity index (χ0v) is 11.9. The average Bonchev–Trinajstić information content (AvgIpc) is 3.09. The number of thiophene rings is 1. The summed E-state index contributed by atoms with van der Waals surface area (Å²) in [6.45, 7) is 0.866. The molecule has 1 aliphatic heterocycles. The van der Waals surface area contributed by atoms with E-state index in [0.717, 1.165) is 24.9 Å². The fourth-order valence-electron chi connectivity index (χ4n) is 2.85. The number of likely N-dealkylation sites (tertiary alicyclic amines) is 1. The topological polar surface area (TPSA) is 25.2 Å². The molecule has 1 fully saturated rings. The highest BCUT2D eigenvalue weighted by Crippen LogP contribution is 2.32. The summed E-state index contributed by atoms with van der Waals surface area (Å²) in [4.78, 5) is 14.6. The van der Waals surface area contributed by atoms with Gasteiger partial charge in [-0.1, -0.05) is 0 Å². The third-order valence-electron chi connectivity index (χ3n) is 3.86. The number of hydrogen-bond donors (Lipinski definition) is 0. The minimum absolute atomic E-state index is 0.173. The van der Waals surface area contributed by atoms with Crippen molar-refractivity contribution in [2.24, 2.45) is 7.05 Å². The Balaban J connectivity index is 1.90. The normalized spacial score (nSPS) is 19.6. The predicted molar refractivity (Wildman–Crippen MR) is 77.4 cm³/mol. The van der Waals surface area contributed by atoms with Crippen LogP contribution in [0, 0.1) is 0 Å². The molecule has 2 aromatic rings. The predicted octanol–water partition coefficient (Wildman–Crippen LogP) is 3.45. The van der Waals surface area contributed by atoms with Gasteiger partial charge in [0, 0.05) is 30.9 Å². The summed E-state index contributed by atoms with van der Waals surface area (Å²) < 4.78 is 2.13.